The SMILES string of the molecule is FC(F)CSc1nnc(N2CCOCC2)n1CC1CCCO1. The smallest absolute Gasteiger partial charge is 0.248 e. The van der Waals surface area contributed by atoms with Crippen molar-refractivity contribution in [3.63, 3.8) is 0 Å². The van der Waals surface area contributed by atoms with Crippen LogP contribution < -0.4 is 4.90 Å². The van der Waals surface area contributed by atoms with Gasteiger partial charge in [-0.05, 0) is 12.8 Å². The Morgan fingerprint density at radius 2 is 2.05 bits per heavy atom. The summed E-state index contributed by atoms with van der Waals surface area (Å²) in [6.07, 6.45) is -0.217. The van der Waals surface area contributed by atoms with E-state index in [1.165, 1.54) is 0 Å². The van der Waals surface area contributed by atoms with Crippen LogP contribution in [0.4, 0.5) is 14.7 Å². The number of alkyl halides is 2. The molecule has 0 aromatic carbocycles. The second-order valence-corrected chi connectivity index (χ2v) is 6.32. The Hall–Kier alpha value is -0.930. The predicted octanol–water partition coefficient (Wildman–Crippen LogP) is 1.65. The molecule has 0 spiro atoms. The van der Waals surface area contributed by atoms with Crippen molar-refractivity contribution in [2.45, 2.75) is 37.1 Å². The van der Waals surface area contributed by atoms with Gasteiger partial charge in [0.2, 0.25) is 12.4 Å². The van der Waals surface area contributed by atoms with Crippen LogP contribution >= 0.6 is 11.8 Å². The fourth-order valence-corrected chi connectivity index (χ4v) is 3.36. The van der Waals surface area contributed by atoms with Crippen molar-refractivity contribution < 1.29 is 18.3 Å². The van der Waals surface area contributed by atoms with Gasteiger partial charge >= 0.3 is 0 Å². The maximum Gasteiger partial charge on any atom is 0.248 e. The number of aromatic nitrogens is 3. The summed E-state index contributed by atoms with van der Waals surface area (Å²) in [4.78, 5) is 2.10. The van der Waals surface area contributed by atoms with Crippen LogP contribution in [0.5, 0.6) is 0 Å². The minimum absolute atomic E-state index is 0.113. The average molecular weight is 334 g/mol. The third-order valence-corrected chi connectivity index (χ3v) is 4.72. The van der Waals surface area contributed by atoms with Crippen molar-refractivity contribution in [3.05, 3.63) is 0 Å². The van der Waals surface area contributed by atoms with E-state index in [1.807, 2.05) is 4.57 Å². The Balaban J connectivity index is 1.77. The van der Waals surface area contributed by atoms with E-state index in [0.717, 1.165) is 50.2 Å². The summed E-state index contributed by atoms with van der Waals surface area (Å²) < 4.78 is 37.9. The van der Waals surface area contributed by atoms with E-state index in [4.69, 9.17) is 9.47 Å². The molecule has 6 nitrogen and oxygen atoms in total. The van der Waals surface area contributed by atoms with Crippen LogP contribution in [-0.4, -0.2) is 66.0 Å². The molecule has 2 aliphatic rings. The van der Waals surface area contributed by atoms with Crippen molar-refractivity contribution in [3.8, 4) is 0 Å². The van der Waals surface area contributed by atoms with E-state index in [-0.39, 0.29) is 11.9 Å². The van der Waals surface area contributed by atoms with Crippen molar-refractivity contribution >= 4 is 17.7 Å². The van der Waals surface area contributed by atoms with Crippen LogP contribution in [0.15, 0.2) is 5.16 Å². The maximum atomic E-state index is 12.5. The summed E-state index contributed by atoms with van der Waals surface area (Å²) in [7, 11) is 0. The first kappa shape index (κ1) is 15.9. The molecule has 3 rings (SSSR count). The van der Waals surface area contributed by atoms with Crippen LogP contribution in [0.3, 0.4) is 0 Å². The van der Waals surface area contributed by atoms with E-state index in [9.17, 15) is 8.78 Å². The molecule has 124 valence electrons. The van der Waals surface area contributed by atoms with Crippen molar-refractivity contribution in [2.75, 3.05) is 43.6 Å². The lowest BCUT2D eigenvalue weighted by Gasteiger charge is -2.28. The second-order valence-electron chi connectivity index (χ2n) is 5.33. The van der Waals surface area contributed by atoms with Crippen molar-refractivity contribution in [1.82, 2.24) is 14.8 Å². The van der Waals surface area contributed by atoms with Gasteiger partial charge in [0.15, 0.2) is 5.16 Å². The highest BCUT2D eigenvalue weighted by Gasteiger charge is 2.25. The number of ether oxygens (including phenoxy) is 2. The van der Waals surface area contributed by atoms with Gasteiger partial charge in [0.25, 0.3) is 0 Å². The summed E-state index contributed by atoms with van der Waals surface area (Å²) >= 11 is 1.05. The van der Waals surface area contributed by atoms with Gasteiger partial charge in [-0.15, -0.1) is 10.2 Å². The molecule has 0 radical (unpaired) electrons. The van der Waals surface area contributed by atoms with E-state index >= 15 is 0 Å². The Kier molecular flexibility index (Phi) is 5.48. The van der Waals surface area contributed by atoms with Gasteiger partial charge < -0.3 is 14.4 Å². The van der Waals surface area contributed by atoms with E-state index < -0.39 is 6.43 Å². The summed E-state index contributed by atoms with van der Waals surface area (Å²) in [5, 5.41) is 8.87. The molecule has 2 saturated heterocycles. The summed E-state index contributed by atoms with van der Waals surface area (Å²) in [5.41, 5.74) is 0. The highest BCUT2D eigenvalue weighted by atomic mass is 32.2. The fraction of sp³-hybridized carbons (Fsp3) is 0.846. The van der Waals surface area contributed by atoms with E-state index in [1.54, 1.807) is 0 Å². The largest absolute Gasteiger partial charge is 0.378 e. The minimum Gasteiger partial charge on any atom is -0.378 e. The molecule has 2 aliphatic heterocycles. The Bertz CT molecular complexity index is 477. The zero-order chi connectivity index (χ0) is 15.4. The van der Waals surface area contributed by atoms with E-state index in [2.05, 4.69) is 15.1 Å². The van der Waals surface area contributed by atoms with Crippen LogP contribution in [-0.2, 0) is 16.0 Å². The molecular formula is C13H20F2N4O2S. The molecule has 1 atom stereocenters. The van der Waals surface area contributed by atoms with Crippen LogP contribution in [0.25, 0.3) is 0 Å². The van der Waals surface area contributed by atoms with Gasteiger partial charge in [-0.2, -0.15) is 0 Å². The Morgan fingerprint density at radius 3 is 2.73 bits per heavy atom. The number of anilines is 1. The summed E-state index contributed by atoms with van der Waals surface area (Å²) in [6, 6.07) is 0. The molecule has 0 saturated carbocycles. The molecule has 3 heterocycles. The first-order chi connectivity index (χ1) is 10.7. The lowest BCUT2D eigenvalue weighted by atomic mass is 10.2. The zero-order valence-electron chi connectivity index (χ0n) is 12.3. The summed E-state index contributed by atoms with van der Waals surface area (Å²) in [6.45, 7) is 4.15. The highest BCUT2D eigenvalue weighted by Crippen LogP contribution is 2.26. The molecule has 1 aromatic rings. The first-order valence-corrected chi connectivity index (χ1v) is 8.51. The predicted molar refractivity (Wildman–Crippen MR) is 78.8 cm³/mol. The normalized spacial score (nSPS) is 22.7. The molecule has 22 heavy (non-hydrogen) atoms. The van der Waals surface area contributed by atoms with Gasteiger partial charge in [0.1, 0.15) is 0 Å². The lowest BCUT2D eigenvalue weighted by Crippen LogP contribution is -2.38. The molecule has 1 unspecified atom stereocenters. The summed E-state index contributed by atoms with van der Waals surface area (Å²) in [5.74, 6) is 0.461. The molecular weight excluding hydrogens is 314 g/mol. The fourth-order valence-electron chi connectivity index (χ4n) is 2.67. The molecule has 9 heteroatoms. The first-order valence-electron chi connectivity index (χ1n) is 7.52. The van der Waals surface area contributed by atoms with Gasteiger partial charge in [0.05, 0.1) is 31.6 Å². The van der Waals surface area contributed by atoms with Crippen molar-refractivity contribution in [1.29, 1.82) is 0 Å². The molecule has 0 amide bonds. The molecule has 2 fully saturated rings. The number of nitrogens with zero attached hydrogens (tertiary/aromatic N) is 4. The average Bonchev–Trinajstić information content (AvgIpc) is 3.16. The standard InChI is InChI=1S/C13H20F2N4O2S/c14-11(15)9-22-13-17-16-12(18-3-6-20-7-4-18)19(13)8-10-2-1-5-21-10/h10-11H,1-9H2. The number of morpholine rings is 1. The van der Waals surface area contributed by atoms with Gasteiger partial charge in [-0.25, -0.2) is 8.78 Å². The highest BCUT2D eigenvalue weighted by molar-refractivity contribution is 7.99. The third kappa shape index (κ3) is 3.88. The maximum absolute atomic E-state index is 12.5. The van der Waals surface area contributed by atoms with Crippen LogP contribution in [0, 0.1) is 0 Å². The minimum atomic E-state index is -2.36. The van der Waals surface area contributed by atoms with Crippen LogP contribution in [0.2, 0.25) is 0 Å². The second kappa shape index (κ2) is 7.56. The number of thioether (sulfide) groups is 1. The lowest BCUT2D eigenvalue weighted by molar-refractivity contribution is 0.0942. The van der Waals surface area contributed by atoms with Crippen molar-refractivity contribution in [2.24, 2.45) is 0 Å². The van der Waals surface area contributed by atoms with Gasteiger partial charge in [-0.1, -0.05) is 11.8 Å². The van der Waals surface area contributed by atoms with Crippen LogP contribution in [0.1, 0.15) is 12.8 Å². The molecule has 0 aliphatic carbocycles. The molecule has 0 N–H and O–H groups in total. The third-order valence-electron chi connectivity index (χ3n) is 3.74. The topological polar surface area (TPSA) is 52.4 Å². The van der Waals surface area contributed by atoms with Gasteiger partial charge in [0, 0.05) is 19.7 Å². The van der Waals surface area contributed by atoms with E-state index in [0.29, 0.717) is 24.9 Å². The Labute approximate surface area is 132 Å². The zero-order valence-corrected chi connectivity index (χ0v) is 13.1. The monoisotopic (exact) mass is 334 g/mol. The quantitative estimate of drug-likeness (QED) is 0.738. The number of hydrogen-bond donors (Lipinski definition) is 0. The molecule has 0 bridgehead atoms. The number of halogens is 2. The molecule has 1 aromatic heterocycles. The Morgan fingerprint density at radius 1 is 1.23 bits per heavy atom. The number of rotatable bonds is 6. The number of hydrogen-bond acceptors (Lipinski definition) is 6. The van der Waals surface area contributed by atoms with Gasteiger partial charge in [-0.3, -0.25) is 4.57 Å².